The molecule has 5 heteroatoms. The summed E-state index contributed by atoms with van der Waals surface area (Å²) in [6, 6.07) is 15.6. The fourth-order valence-electron chi connectivity index (χ4n) is 2.68. The van der Waals surface area contributed by atoms with E-state index in [4.69, 9.17) is 16.0 Å². The topological polar surface area (TPSA) is 55.1 Å². The van der Waals surface area contributed by atoms with Crippen molar-refractivity contribution in [1.29, 1.82) is 0 Å². The van der Waals surface area contributed by atoms with Gasteiger partial charge in [0.1, 0.15) is 5.76 Å². The van der Waals surface area contributed by atoms with Crippen LogP contribution in [0.3, 0.4) is 0 Å². The highest BCUT2D eigenvalue weighted by molar-refractivity contribution is 6.30. The van der Waals surface area contributed by atoms with E-state index in [0.29, 0.717) is 23.0 Å². The van der Waals surface area contributed by atoms with Gasteiger partial charge < -0.3 is 9.73 Å². The smallest absolute Gasteiger partial charge is 0.273 e. The summed E-state index contributed by atoms with van der Waals surface area (Å²) in [5.41, 5.74) is 3.48. The Labute approximate surface area is 151 Å². The first kappa shape index (κ1) is 17.2. The van der Waals surface area contributed by atoms with Crippen molar-refractivity contribution < 1.29 is 9.21 Å². The molecule has 3 aromatic rings. The lowest BCUT2D eigenvalue weighted by Gasteiger charge is -2.11. The molecule has 1 N–H and O–H groups in total. The molecule has 0 radical (unpaired) electrons. The van der Waals surface area contributed by atoms with Gasteiger partial charge in [0, 0.05) is 17.5 Å². The molecule has 0 aliphatic rings. The average Bonchev–Trinajstić information content (AvgIpc) is 3.11. The Balaban J connectivity index is 1.79. The van der Waals surface area contributed by atoms with Gasteiger partial charge in [0.2, 0.25) is 0 Å². The predicted molar refractivity (Wildman–Crippen MR) is 98.7 cm³/mol. The SMILES string of the molecule is CC(C)c1ocnc1C(=O)NCc1ccccc1-c1ccc(Cl)cc1. The van der Waals surface area contributed by atoms with Crippen LogP contribution in [-0.4, -0.2) is 10.9 Å². The molecule has 0 fully saturated rings. The standard InChI is InChI=1S/C20H19ClN2O2/c1-13(2)19-18(23-12-25-19)20(24)22-11-15-5-3-4-6-17(15)14-7-9-16(21)10-8-14/h3-10,12-13H,11H2,1-2H3,(H,22,24). The summed E-state index contributed by atoms with van der Waals surface area (Å²) in [5.74, 6) is 0.469. The fraction of sp³-hybridized carbons (Fsp3) is 0.200. The van der Waals surface area contributed by atoms with E-state index in [-0.39, 0.29) is 11.8 Å². The number of rotatable bonds is 5. The highest BCUT2D eigenvalue weighted by atomic mass is 35.5. The van der Waals surface area contributed by atoms with E-state index in [1.165, 1.54) is 6.39 Å². The average molecular weight is 355 g/mol. The van der Waals surface area contributed by atoms with E-state index in [0.717, 1.165) is 16.7 Å². The second kappa shape index (κ2) is 7.53. The number of aromatic nitrogens is 1. The molecule has 4 nitrogen and oxygen atoms in total. The second-order valence-electron chi connectivity index (χ2n) is 6.07. The van der Waals surface area contributed by atoms with Gasteiger partial charge in [-0.1, -0.05) is 61.8 Å². The summed E-state index contributed by atoms with van der Waals surface area (Å²) in [4.78, 5) is 16.5. The van der Waals surface area contributed by atoms with Crippen LogP contribution in [0.5, 0.6) is 0 Å². The molecule has 0 atom stereocenters. The Kier molecular flexibility index (Phi) is 5.19. The number of hydrogen-bond donors (Lipinski definition) is 1. The summed E-state index contributed by atoms with van der Waals surface area (Å²) >= 11 is 5.97. The minimum absolute atomic E-state index is 0.101. The van der Waals surface area contributed by atoms with Gasteiger partial charge in [0.15, 0.2) is 12.1 Å². The molecule has 25 heavy (non-hydrogen) atoms. The maximum atomic E-state index is 12.4. The molecule has 1 aromatic heterocycles. The van der Waals surface area contributed by atoms with Crippen molar-refractivity contribution in [3.63, 3.8) is 0 Å². The first-order valence-corrected chi connectivity index (χ1v) is 8.49. The summed E-state index contributed by atoms with van der Waals surface area (Å²) in [5, 5.41) is 3.63. The van der Waals surface area contributed by atoms with Gasteiger partial charge in [-0.25, -0.2) is 4.98 Å². The van der Waals surface area contributed by atoms with Crippen LogP contribution in [0.25, 0.3) is 11.1 Å². The van der Waals surface area contributed by atoms with Crippen molar-refractivity contribution in [1.82, 2.24) is 10.3 Å². The van der Waals surface area contributed by atoms with Gasteiger partial charge in [-0.2, -0.15) is 0 Å². The molecule has 1 amide bonds. The number of oxazole rings is 1. The van der Waals surface area contributed by atoms with Gasteiger partial charge in [-0.15, -0.1) is 0 Å². The van der Waals surface area contributed by atoms with Crippen LogP contribution < -0.4 is 5.32 Å². The normalized spacial score (nSPS) is 10.9. The minimum Gasteiger partial charge on any atom is -0.447 e. The monoisotopic (exact) mass is 354 g/mol. The molecular weight excluding hydrogens is 336 g/mol. The van der Waals surface area contributed by atoms with Crippen LogP contribution >= 0.6 is 11.6 Å². The first-order valence-electron chi connectivity index (χ1n) is 8.11. The molecular formula is C20H19ClN2O2. The van der Waals surface area contributed by atoms with E-state index in [9.17, 15) is 4.79 Å². The van der Waals surface area contributed by atoms with Gasteiger partial charge in [0.05, 0.1) is 0 Å². The van der Waals surface area contributed by atoms with Gasteiger partial charge >= 0.3 is 0 Å². The Bertz CT molecular complexity index is 869. The van der Waals surface area contributed by atoms with E-state index in [1.807, 2.05) is 62.4 Å². The van der Waals surface area contributed by atoms with Crippen LogP contribution in [0.15, 0.2) is 59.3 Å². The summed E-state index contributed by atoms with van der Waals surface area (Å²) in [6.45, 7) is 4.34. The Morgan fingerprint density at radius 2 is 1.88 bits per heavy atom. The molecule has 0 aliphatic carbocycles. The lowest BCUT2D eigenvalue weighted by atomic mass is 9.99. The zero-order valence-electron chi connectivity index (χ0n) is 14.1. The number of nitrogens with one attached hydrogen (secondary N) is 1. The van der Waals surface area contributed by atoms with Gasteiger partial charge in [-0.3, -0.25) is 4.79 Å². The van der Waals surface area contributed by atoms with Crippen LogP contribution in [-0.2, 0) is 6.54 Å². The Hall–Kier alpha value is -2.59. The molecule has 0 spiro atoms. The summed E-state index contributed by atoms with van der Waals surface area (Å²) in [7, 11) is 0. The van der Waals surface area contributed by atoms with E-state index < -0.39 is 0 Å². The highest BCUT2D eigenvalue weighted by Crippen LogP contribution is 2.25. The number of benzene rings is 2. The third kappa shape index (κ3) is 3.91. The number of carbonyl (C=O) groups is 1. The maximum absolute atomic E-state index is 12.4. The molecule has 1 heterocycles. The number of amides is 1. The van der Waals surface area contributed by atoms with Crippen molar-refractivity contribution in [3.05, 3.63) is 77.0 Å². The van der Waals surface area contributed by atoms with Crippen LogP contribution in [0.1, 0.15) is 41.6 Å². The lowest BCUT2D eigenvalue weighted by molar-refractivity contribution is 0.0944. The quantitative estimate of drug-likeness (QED) is 0.697. The predicted octanol–water partition coefficient (Wildman–Crippen LogP) is 5.05. The number of hydrogen-bond acceptors (Lipinski definition) is 3. The van der Waals surface area contributed by atoms with Crippen molar-refractivity contribution in [2.75, 3.05) is 0 Å². The Morgan fingerprint density at radius 3 is 2.60 bits per heavy atom. The zero-order valence-corrected chi connectivity index (χ0v) is 14.9. The summed E-state index contributed by atoms with van der Waals surface area (Å²) in [6.07, 6.45) is 1.31. The van der Waals surface area contributed by atoms with E-state index in [2.05, 4.69) is 10.3 Å². The molecule has 2 aromatic carbocycles. The highest BCUT2D eigenvalue weighted by Gasteiger charge is 2.19. The zero-order chi connectivity index (χ0) is 17.8. The molecule has 128 valence electrons. The van der Waals surface area contributed by atoms with E-state index >= 15 is 0 Å². The maximum Gasteiger partial charge on any atom is 0.273 e. The number of nitrogens with zero attached hydrogens (tertiary/aromatic N) is 1. The third-order valence-electron chi connectivity index (χ3n) is 3.95. The first-order chi connectivity index (χ1) is 12.1. The minimum atomic E-state index is -0.233. The van der Waals surface area contributed by atoms with Crippen molar-refractivity contribution in [2.45, 2.75) is 26.3 Å². The third-order valence-corrected chi connectivity index (χ3v) is 4.20. The second-order valence-corrected chi connectivity index (χ2v) is 6.50. The molecule has 3 rings (SSSR count). The van der Waals surface area contributed by atoms with Crippen molar-refractivity contribution in [3.8, 4) is 11.1 Å². The molecule has 0 saturated heterocycles. The lowest BCUT2D eigenvalue weighted by Crippen LogP contribution is -2.24. The molecule has 0 aliphatic heterocycles. The summed E-state index contributed by atoms with van der Waals surface area (Å²) < 4.78 is 5.32. The largest absolute Gasteiger partial charge is 0.447 e. The van der Waals surface area contributed by atoms with Gasteiger partial charge in [0.25, 0.3) is 5.91 Å². The van der Waals surface area contributed by atoms with Crippen LogP contribution in [0.4, 0.5) is 0 Å². The van der Waals surface area contributed by atoms with Crippen molar-refractivity contribution >= 4 is 17.5 Å². The fourth-order valence-corrected chi connectivity index (χ4v) is 2.81. The number of halogens is 1. The van der Waals surface area contributed by atoms with Crippen LogP contribution in [0, 0.1) is 0 Å². The Morgan fingerprint density at radius 1 is 1.16 bits per heavy atom. The number of carbonyl (C=O) groups excluding carboxylic acids is 1. The molecule has 0 bridgehead atoms. The molecule has 0 saturated carbocycles. The van der Waals surface area contributed by atoms with E-state index in [1.54, 1.807) is 0 Å². The molecule has 0 unspecified atom stereocenters. The van der Waals surface area contributed by atoms with Crippen molar-refractivity contribution in [2.24, 2.45) is 0 Å². The van der Waals surface area contributed by atoms with Gasteiger partial charge in [-0.05, 0) is 28.8 Å². The van der Waals surface area contributed by atoms with Crippen LogP contribution in [0.2, 0.25) is 5.02 Å².